The van der Waals surface area contributed by atoms with Crippen molar-refractivity contribution in [3.05, 3.63) is 54.0 Å². The fourth-order valence-electron chi connectivity index (χ4n) is 5.25. The van der Waals surface area contributed by atoms with Gasteiger partial charge in [-0.3, -0.25) is 14.6 Å². The van der Waals surface area contributed by atoms with Crippen LogP contribution in [-0.4, -0.2) is 74.7 Å². The molecule has 1 amide bonds. The molecule has 5 rings (SSSR count). The average molecular weight is 545 g/mol. The van der Waals surface area contributed by atoms with E-state index >= 15 is 0 Å². The van der Waals surface area contributed by atoms with Gasteiger partial charge in [0, 0.05) is 41.9 Å². The minimum Gasteiger partial charge on any atom is -0.493 e. The SMILES string of the molecule is COc1ccc(-c2ccc(-c3cnn4c(N)c(C(C)=O)c(C5CCN(C(=O)[C@@H](C)O)CC5)nc34)cn2)cc1OC. The van der Waals surface area contributed by atoms with Crippen molar-refractivity contribution in [3.8, 4) is 33.9 Å². The van der Waals surface area contributed by atoms with E-state index in [0.29, 0.717) is 54.3 Å². The number of nitrogens with two attached hydrogens (primary N) is 1. The van der Waals surface area contributed by atoms with E-state index in [1.807, 2.05) is 30.3 Å². The summed E-state index contributed by atoms with van der Waals surface area (Å²) in [5.41, 5.74) is 11.1. The van der Waals surface area contributed by atoms with Crippen LogP contribution in [0.1, 0.15) is 48.7 Å². The van der Waals surface area contributed by atoms with Gasteiger partial charge in [-0.2, -0.15) is 9.61 Å². The third kappa shape index (κ3) is 4.84. The fraction of sp³-hybridized carbons (Fsp3) is 0.345. The molecular weight excluding hydrogens is 512 g/mol. The molecule has 1 aromatic carbocycles. The Morgan fingerprint density at radius 1 is 1.05 bits per heavy atom. The summed E-state index contributed by atoms with van der Waals surface area (Å²) in [5.74, 6) is 0.924. The molecule has 0 saturated carbocycles. The molecule has 11 nitrogen and oxygen atoms in total. The Kier molecular flexibility index (Phi) is 7.40. The van der Waals surface area contributed by atoms with Crippen LogP contribution in [0.5, 0.6) is 11.5 Å². The van der Waals surface area contributed by atoms with Gasteiger partial charge >= 0.3 is 0 Å². The van der Waals surface area contributed by atoms with E-state index in [2.05, 4.69) is 10.1 Å². The Bertz CT molecular complexity index is 1570. The number of ether oxygens (including phenoxy) is 2. The number of methoxy groups -OCH3 is 2. The minimum atomic E-state index is -1.05. The maximum Gasteiger partial charge on any atom is 0.251 e. The monoisotopic (exact) mass is 544 g/mol. The van der Waals surface area contributed by atoms with Crippen LogP contribution in [0.25, 0.3) is 28.0 Å². The molecule has 1 aliphatic heterocycles. The van der Waals surface area contributed by atoms with E-state index in [9.17, 15) is 14.7 Å². The first-order valence-corrected chi connectivity index (χ1v) is 13.1. The second-order valence-corrected chi connectivity index (χ2v) is 9.88. The summed E-state index contributed by atoms with van der Waals surface area (Å²) in [4.78, 5) is 36.2. The standard InChI is InChI=1S/C29H32N6O5/c1-16(36)25-26(18-9-11-34(12-10-18)29(38)17(2)37)33-28-21(15-32-35(28)27(25)30)20-5-7-22(31-14-20)19-6-8-23(39-3)24(13-19)40-4/h5-8,13-15,17-18,37H,9-12,30H2,1-4H3/t17-/m1/s1. The Balaban J connectivity index is 1.50. The first kappa shape index (κ1) is 27.1. The lowest BCUT2D eigenvalue weighted by Gasteiger charge is -2.33. The van der Waals surface area contributed by atoms with Crippen molar-refractivity contribution < 1.29 is 24.2 Å². The maximum absolute atomic E-state index is 12.7. The number of Topliss-reactive ketones (excluding diaryl/α,β-unsaturated/α-hetero) is 1. The number of pyridine rings is 1. The zero-order chi connectivity index (χ0) is 28.6. The number of carbonyl (C=O) groups excluding carboxylic acids is 2. The highest BCUT2D eigenvalue weighted by molar-refractivity contribution is 6.00. The number of anilines is 1. The highest BCUT2D eigenvalue weighted by atomic mass is 16.5. The van der Waals surface area contributed by atoms with Crippen molar-refractivity contribution in [2.75, 3.05) is 33.0 Å². The van der Waals surface area contributed by atoms with Gasteiger partial charge in [-0.1, -0.05) is 6.07 Å². The Morgan fingerprint density at radius 2 is 1.75 bits per heavy atom. The molecule has 0 unspecified atom stereocenters. The molecule has 1 fully saturated rings. The van der Waals surface area contributed by atoms with E-state index in [1.54, 1.807) is 31.5 Å². The molecule has 1 saturated heterocycles. The second-order valence-electron chi connectivity index (χ2n) is 9.88. The number of piperidine rings is 1. The number of fused-ring (bicyclic) bond motifs is 1. The number of likely N-dealkylation sites (tertiary alicyclic amines) is 1. The van der Waals surface area contributed by atoms with Crippen LogP contribution in [0.15, 0.2) is 42.7 Å². The lowest BCUT2D eigenvalue weighted by atomic mass is 9.89. The lowest BCUT2D eigenvalue weighted by molar-refractivity contribution is -0.140. The van der Waals surface area contributed by atoms with Crippen LogP contribution in [0.4, 0.5) is 5.82 Å². The molecular formula is C29H32N6O5. The van der Waals surface area contributed by atoms with Crippen molar-refractivity contribution in [1.29, 1.82) is 0 Å². The Labute approximate surface area is 231 Å². The van der Waals surface area contributed by atoms with Gasteiger partial charge in [0.15, 0.2) is 22.9 Å². The number of aromatic nitrogens is 4. The predicted molar refractivity (Wildman–Crippen MR) is 149 cm³/mol. The van der Waals surface area contributed by atoms with Crippen LogP contribution < -0.4 is 15.2 Å². The molecule has 0 spiro atoms. The number of rotatable bonds is 7. The van der Waals surface area contributed by atoms with Gasteiger partial charge in [-0.25, -0.2) is 4.98 Å². The number of nitrogens with zero attached hydrogens (tertiary/aromatic N) is 5. The number of aliphatic hydroxyl groups excluding tert-OH is 1. The van der Waals surface area contributed by atoms with Crippen molar-refractivity contribution in [2.24, 2.45) is 0 Å². The smallest absolute Gasteiger partial charge is 0.251 e. The molecule has 1 aliphatic rings. The van der Waals surface area contributed by atoms with Gasteiger partial charge < -0.3 is 25.2 Å². The van der Waals surface area contributed by atoms with Crippen LogP contribution in [-0.2, 0) is 4.79 Å². The first-order chi connectivity index (χ1) is 19.2. The summed E-state index contributed by atoms with van der Waals surface area (Å²) in [6.07, 6.45) is 3.58. The molecule has 208 valence electrons. The van der Waals surface area contributed by atoms with E-state index < -0.39 is 6.10 Å². The van der Waals surface area contributed by atoms with Gasteiger partial charge in [0.2, 0.25) is 0 Å². The molecule has 11 heteroatoms. The van der Waals surface area contributed by atoms with Crippen LogP contribution in [0.3, 0.4) is 0 Å². The fourth-order valence-corrected chi connectivity index (χ4v) is 5.25. The summed E-state index contributed by atoms with van der Waals surface area (Å²) in [5, 5.41) is 14.1. The number of hydrogen-bond donors (Lipinski definition) is 2. The van der Waals surface area contributed by atoms with Gasteiger partial charge in [-0.15, -0.1) is 0 Å². The number of carbonyl (C=O) groups is 2. The van der Waals surface area contributed by atoms with Gasteiger partial charge in [-0.05, 0) is 51.0 Å². The summed E-state index contributed by atoms with van der Waals surface area (Å²) < 4.78 is 12.2. The van der Waals surface area contributed by atoms with Crippen molar-refractivity contribution in [1.82, 2.24) is 24.5 Å². The van der Waals surface area contributed by atoms with E-state index in [-0.39, 0.29) is 23.4 Å². The van der Waals surface area contributed by atoms with E-state index in [0.717, 1.165) is 22.4 Å². The molecule has 3 aromatic heterocycles. The van der Waals surface area contributed by atoms with Crippen molar-refractivity contribution in [3.63, 3.8) is 0 Å². The summed E-state index contributed by atoms with van der Waals surface area (Å²) in [6, 6.07) is 9.46. The quantitative estimate of drug-likeness (QED) is 0.335. The Hall–Kier alpha value is -4.51. The largest absolute Gasteiger partial charge is 0.493 e. The number of amides is 1. The molecule has 0 aliphatic carbocycles. The van der Waals surface area contributed by atoms with Crippen LogP contribution in [0, 0.1) is 0 Å². The topological polar surface area (TPSA) is 145 Å². The first-order valence-electron chi connectivity index (χ1n) is 13.1. The number of benzene rings is 1. The highest BCUT2D eigenvalue weighted by Crippen LogP contribution is 2.36. The van der Waals surface area contributed by atoms with Crippen molar-refractivity contribution >= 4 is 23.2 Å². The second kappa shape index (κ2) is 10.9. The zero-order valence-corrected chi connectivity index (χ0v) is 22.9. The zero-order valence-electron chi connectivity index (χ0n) is 22.9. The van der Waals surface area contributed by atoms with Crippen LogP contribution in [0.2, 0.25) is 0 Å². The number of ketones is 1. The van der Waals surface area contributed by atoms with E-state index in [1.165, 1.54) is 18.4 Å². The van der Waals surface area contributed by atoms with Gasteiger partial charge in [0.1, 0.15) is 11.9 Å². The highest BCUT2D eigenvalue weighted by Gasteiger charge is 2.31. The molecule has 0 bridgehead atoms. The third-order valence-electron chi connectivity index (χ3n) is 7.37. The minimum absolute atomic E-state index is 0.0717. The van der Waals surface area contributed by atoms with Crippen molar-refractivity contribution in [2.45, 2.75) is 38.7 Å². The molecule has 0 radical (unpaired) electrons. The molecule has 40 heavy (non-hydrogen) atoms. The predicted octanol–water partition coefficient (Wildman–Crippen LogP) is 3.35. The average Bonchev–Trinajstić information content (AvgIpc) is 3.40. The maximum atomic E-state index is 12.7. The summed E-state index contributed by atoms with van der Waals surface area (Å²) in [7, 11) is 3.18. The number of hydrogen-bond acceptors (Lipinski definition) is 9. The third-order valence-corrected chi connectivity index (χ3v) is 7.37. The van der Waals surface area contributed by atoms with E-state index in [4.69, 9.17) is 20.2 Å². The number of nitrogen functional groups attached to an aromatic ring is 1. The normalized spacial score (nSPS) is 14.8. The van der Waals surface area contributed by atoms with Gasteiger partial charge in [0.05, 0.1) is 37.4 Å². The summed E-state index contributed by atoms with van der Waals surface area (Å²) >= 11 is 0. The Morgan fingerprint density at radius 3 is 2.35 bits per heavy atom. The van der Waals surface area contributed by atoms with Crippen LogP contribution >= 0.6 is 0 Å². The van der Waals surface area contributed by atoms with Gasteiger partial charge in [0.25, 0.3) is 5.91 Å². The molecule has 3 N–H and O–H groups in total. The molecule has 4 aromatic rings. The lowest BCUT2D eigenvalue weighted by Crippen LogP contribution is -2.42. The summed E-state index contributed by atoms with van der Waals surface area (Å²) in [6.45, 7) is 3.86. The number of aliphatic hydroxyl groups is 1. The molecule has 4 heterocycles. The molecule has 1 atom stereocenters.